The van der Waals surface area contributed by atoms with E-state index in [0.29, 0.717) is 19.0 Å². The van der Waals surface area contributed by atoms with Crippen LogP contribution < -0.4 is 10.1 Å². The standard InChI is InChI=1S/C14H17IN2O2/c1-10(2)18-14-11(4-3-7-17-14)8-16-9-12-5-6-13(15)19-12/h3-7,10,16H,8-9H2,1-2H3. The van der Waals surface area contributed by atoms with Crippen molar-refractivity contribution in [2.24, 2.45) is 0 Å². The molecule has 2 rings (SSSR count). The van der Waals surface area contributed by atoms with Crippen molar-refractivity contribution in [3.63, 3.8) is 0 Å². The van der Waals surface area contributed by atoms with Gasteiger partial charge in [-0.25, -0.2) is 4.98 Å². The van der Waals surface area contributed by atoms with E-state index in [1.165, 1.54) is 0 Å². The van der Waals surface area contributed by atoms with Crippen molar-refractivity contribution in [2.45, 2.75) is 33.0 Å². The number of aromatic nitrogens is 1. The van der Waals surface area contributed by atoms with Crippen molar-refractivity contribution in [3.05, 3.63) is 45.6 Å². The molecule has 5 heteroatoms. The fourth-order valence-corrected chi connectivity index (χ4v) is 2.12. The molecule has 19 heavy (non-hydrogen) atoms. The van der Waals surface area contributed by atoms with Crippen LogP contribution in [0.5, 0.6) is 5.88 Å². The average Bonchev–Trinajstić information content (AvgIpc) is 2.77. The van der Waals surface area contributed by atoms with E-state index in [4.69, 9.17) is 9.15 Å². The van der Waals surface area contributed by atoms with Gasteiger partial charge in [-0.05, 0) is 54.6 Å². The number of nitrogens with zero attached hydrogens (tertiary/aromatic N) is 1. The van der Waals surface area contributed by atoms with Crippen LogP contribution in [0.2, 0.25) is 0 Å². The second-order valence-corrected chi connectivity index (χ2v) is 5.51. The lowest BCUT2D eigenvalue weighted by Crippen LogP contribution is -2.15. The zero-order valence-electron chi connectivity index (χ0n) is 11.0. The molecular formula is C14H17IN2O2. The van der Waals surface area contributed by atoms with Crippen LogP contribution in [0, 0.1) is 3.77 Å². The summed E-state index contributed by atoms with van der Waals surface area (Å²) in [6.07, 6.45) is 1.87. The molecule has 0 saturated carbocycles. The van der Waals surface area contributed by atoms with Crippen molar-refractivity contribution in [1.82, 2.24) is 10.3 Å². The average molecular weight is 372 g/mol. The first-order valence-electron chi connectivity index (χ1n) is 6.20. The third-order valence-electron chi connectivity index (χ3n) is 2.44. The van der Waals surface area contributed by atoms with Gasteiger partial charge in [0.2, 0.25) is 5.88 Å². The third kappa shape index (κ3) is 4.50. The number of furan rings is 1. The minimum absolute atomic E-state index is 0.125. The fraction of sp³-hybridized carbons (Fsp3) is 0.357. The first-order valence-corrected chi connectivity index (χ1v) is 7.28. The zero-order chi connectivity index (χ0) is 13.7. The normalized spacial score (nSPS) is 10.9. The molecule has 0 fully saturated rings. The van der Waals surface area contributed by atoms with Gasteiger partial charge in [-0.2, -0.15) is 0 Å². The van der Waals surface area contributed by atoms with Crippen LogP contribution in [0.1, 0.15) is 25.2 Å². The Hall–Kier alpha value is -1.08. The van der Waals surface area contributed by atoms with Crippen LogP contribution >= 0.6 is 22.6 Å². The molecule has 1 N–H and O–H groups in total. The summed E-state index contributed by atoms with van der Waals surface area (Å²) >= 11 is 2.16. The first kappa shape index (κ1) is 14.3. The lowest BCUT2D eigenvalue weighted by molar-refractivity contribution is 0.229. The summed E-state index contributed by atoms with van der Waals surface area (Å²) in [6, 6.07) is 7.86. The number of hydrogen-bond donors (Lipinski definition) is 1. The molecule has 2 aromatic rings. The topological polar surface area (TPSA) is 47.3 Å². The van der Waals surface area contributed by atoms with Gasteiger partial charge in [-0.15, -0.1) is 0 Å². The van der Waals surface area contributed by atoms with Gasteiger partial charge in [-0.1, -0.05) is 6.07 Å². The zero-order valence-corrected chi connectivity index (χ0v) is 13.2. The number of hydrogen-bond acceptors (Lipinski definition) is 4. The van der Waals surface area contributed by atoms with E-state index in [-0.39, 0.29) is 6.10 Å². The molecule has 0 amide bonds. The monoisotopic (exact) mass is 372 g/mol. The molecule has 0 atom stereocenters. The summed E-state index contributed by atoms with van der Waals surface area (Å²) < 4.78 is 12.1. The predicted molar refractivity (Wildman–Crippen MR) is 82.0 cm³/mol. The molecule has 0 spiro atoms. The lowest BCUT2D eigenvalue weighted by Gasteiger charge is -2.12. The minimum Gasteiger partial charge on any atom is -0.475 e. The summed E-state index contributed by atoms with van der Waals surface area (Å²) in [5, 5.41) is 3.33. The van der Waals surface area contributed by atoms with E-state index in [0.717, 1.165) is 15.1 Å². The van der Waals surface area contributed by atoms with Crippen LogP contribution in [0.15, 0.2) is 34.9 Å². The van der Waals surface area contributed by atoms with E-state index in [2.05, 4.69) is 32.9 Å². The number of rotatable bonds is 6. The second-order valence-electron chi connectivity index (χ2n) is 4.44. The maximum Gasteiger partial charge on any atom is 0.218 e. The molecule has 0 aromatic carbocycles. The Labute approximate surface area is 126 Å². The maximum atomic E-state index is 5.68. The van der Waals surface area contributed by atoms with Crippen LogP contribution in [0.4, 0.5) is 0 Å². The van der Waals surface area contributed by atoms with Gasteiger partial charge in [-0.3, -0.25) is 0 Å². The second kappa shape index (κ2) is 6.91. The van der Waals surface area contributed by atoms with Gasteiger partial charge in [0.25, 0.3) is 0 Å². The van der Waals surface area contributed by atoms with E-state index >= 15 is 0 Å². The van der Waals surface area contributed by atoms with Gasteiger partial charge in [0.1, 0.15) is 5.76 Å². The highest BCUT2D eigenvalue weighted by Crippen LogP contribution is 2.16. The predicted octanol–water partition coefficient (Wildman–Crippen LogP) is 3.36. The van der Waals surface area contributed by atoms with Crippen LogP contribution in [-0.2, 0) is 13.1 Å². The van der Waals surface area contributed by atoms with Gasteiger partial charge >= 0.3 is 0 Å². The molecule has 0 aliphatic rings. The molecule has 0 saturated heterocycles. The van der Waals surface area contributed by atoms with Crippen LogP contribution in [0.3, 0.4) is 0 Å². The third-order valence-corrected chi connectivity index (χ3v) is 3.02. The van der Waals surface area contributed by atoms with Crippen molar-refractivity contribution in [3.8, 4) is 5.88 Å². The van der Waals surface area contributed by atoms with E-state index in [9.17, 15) is 0 Å². The molecule has 102 valence electrons. The SMILES string of the molecule is CC(C)Oc1ncccc1CNCc1ccc(I)o1. The molecular weight excluding hydrogens is 355 g/mol. The summed E-state index contributed by atoms with van der Waals surface area (Å²) in [5.41, 5.74) is 1.05. The Morgan fingerprint density at radius 2 is 2.16 bits per heavy atom. The molecule has 2 heterocycles. The highest BCUT2D eigenvalue weighted by molar-refractivity contribution is 14.1. The number of nitrogens with one attached hydrogen (secondary N) is 1. The first-order chi connectivity index (χ1) is 9.15. The fourth-order valence-electron chi connectivity index (χ4n) is 1.66. The Balaban J connectivity index is 1.92. The minimum atomic E-state index is 0.125. The summed E-state index contributed by atoms with van der Waals surface area (Å²) in [7, 11) is 0. The Kier molecular flexibility index (Phi) is 5.21. The maximum absolute atomic E-state index is 5.68. The molecule has 2 aromatic heterocycles. The van der Waals surface area contributed by atoms with Gasteiger partial charge in [0, 0.05) is 18.3 Å². The number of halogens is 1. The van der Waals surface area contributed by atoms with E-state index in [1.807, 2.05) is 38.1 Å². The lowest BCUT2D eigenvalue weighted by atomic mass is 10.2. The highest BCUT2D eigenvalue weighted by Gasteiger charge is 2.06. The van der Waals surface area contributed by atoms with Gasteiger partial charge in [0.15, 0.2) is 3.77 Å². The molecule has 0 radical (unpaired) electrons. The van der Waals surface area contributed by atoms with E-state index < -0.39 is 0 Å². The largest absolute Gasteiger partial charge is 0.475 e. The Bertz CT molecular complexity index is 526. The number of pyridine rings is 1. The molecule has 0 bridgehead atoms. The van der Waals surface area contributed by atoms with Crippen molar-refractivity contribution in [2.75, 3.05) is 0 Å². The summed E-state index contributed by atoms with van der Waals surface area (Å²) in [6.45, 7) is 5.39. The molecule has 4 nitrogen and oxygen atoms in total. The van der Waals surface area contributed by atoms with Gasteiger partial charge < -0.3 is 14.5 Å². The quantitative estimate of drug-likeness (QED) is 0.791. The molecule has 0 aliphatic carbocycles. The molecule has 0 unspecified atom stereocenters. The van der Waals surface area contributed by atoms with Crippen LogP contribution in [-0.4, -0.2) is 11.1 Å². The summed E-state index contributed by atoms with van der Waals surface area (Å²) in [4.78, 5) is 4.26. The Morgan fingerprint density at radius 3 is 2.84 bits per heavy atom. The van der Waals surface area contributed by atoms with Crippen molar-refractivity contribution < 1.29 is 9.15 Å². The van der Waals surface area contributed by atoms with Crippen molar-refractivity contribution in [1.29, 1.82) is 0 Å². The van der Waals surface area contributed by atoms with Gasteiger partial charge in [0.05, 0.1) is 12.6 Å². The van der Waals surface area contributed by atoms with E-state index in [1.54, 1.807) is 6.20 Å². The molecule has 0 aliphatic heterocycles. The number of ether oxygens (including phenoxy) is 1. The summed E-state index contributed by atoms with van der Waals surface area (Å²) in [5.74, 6) is 1.62. The van der Waals surface area contributed by atoms with Crippen molar-refractivity contribution >= 4 is 22.6 Å². The highest BCUT2D eigenvalue weighted by atomic mass is 127. The Morgan fingerprint density at radius 1 is 1.32 bits per heavy atom. The smallest absolute Gasteiger partial charge is 0.218 e. The van der Waals surface area contributed by atoms with Crippen LogP contribution in [0.25, 0.3) is 0 Å².